The van der Waals surface area contributed by atoms with Gasteiger partial charge in [0.15, 0.2) is 0 Å². The molecule has 0 aliphatic rings. The minimum Gasteiger partial charge on any atom is -0.400 e. The van der Waals surface area contributed by atoms with Gasteiger partial charge in [0.05, 0.1) is 0 Å². The first kappa shape index (κ1) is 17.5. The molecule has 94 valence electrons. The van der Waals surface area contributed by atoms with Crippen molar-refractivity contribution in [2.24, 2.45) is 0 Å². The van der Waals surface area contributed by atoms with E-state index < -0.39 is 9.28 Å². The van der Waals surface area contributed by atoms with E-state index in [1.54, 1.807) is 21.3 Å². The fraction of sp³-hybridized carbons (Fsp3) is 1.00. The standard InChI is InChI=1S/C6H16O2Si.C4H11NO/c1-4-5-6-9(7-2)8-3;1-3-4(6)5-2/h9H,4-6H2,1-3H3;4-6H,3H2,1-2H3. The summed E-state index contributed by atoms with van der Waals surface area (Å²) in [7, 11) is 3.98. The smallest absolute Gasteiger partial charge is 0.320 e. The van der Waals surface area contributed by atoms with Crippen LogP contribution in [0.1, 0.15) is 33.1 Å². The van der Waals surface area contributed by atoms with E-state index in [-0.39, 0.29) is 6.23 Å². The maximum Gasteiger partial charge on any atom is 0.320 e. The van der Waals surface area contributed by atoms with Crippen LogP contribution in [0.4, 0.5) is 0 Å². The van der Waals surface area contributed by atoms with Gasteiger partial charge < -0.3 is 14.0 Å². The lowest BCUT2D eigenvalue weighted by atomic mass is 10.4. The molecule has 0 aliphatic heterocycles. The molecule has 0 heterocycles. The topological polar surface area (TPSA) is 50.7 Å². The Kier molecular flexibility index (Phi) is 16.4. The molecule has 0 saturated carbocycles. The summed E-state index contributed by atoms with van der Waals surface area (Å²) in [6, 6.07) is 1.14. The van der Waals surface area contributed by atoms with Crippen molar-refractivity contribution in [2.75, 3.05) is 21.3 Å². The van der Waals surface area contributed by atoms with Gasteiger partial charge in [-0.2, -0.15) is 0 Å². The zero-order chi connectivity index (χ0) is 12.1. The lowest BCUT2D eigenvalue weighted by Gasteiger charge is -2.08. The Hall–Kier alpha value is 0.0569. The zero-order valence-corrected chi connectivity index (χ0v) is 11.9. The predicted octanol–water partition coefficient (Wildman–Crippen LogP) is 1.23. The predicted molar refractivity (Wildman–Crippen MR) is 66.2 cm³/mol. The number of hydrogen-bond acceptors (Lipinski definition) is 4. The van der Waals surface area contributed by atoms with Crippen LogP contribution < -0.4 is 5.32 Å². The van der Waals surface area contributed by atoms with E-state index >= 15 is 0 Å². The lowest BCUT2D eigenvalue weighted by Crippen LogP contribution is -2.22. The van der Waals surface area contributed by atoms with Gasteiger partial charge in [-0.25, -0.2) is 0 Å². The quantitative estimate of drug-likeness (QED) is 0.516. The Bertz CT molecular complexity index is 109. The van der Waals surface area contributed by atoms with Crippen LogP contribution in [0.25, 0.3) is 0 Å². The van der Waals surface area contributed by atoms with Crippen molar-refractivity contribution < 1.29 is 14.0 Å². The molecular weight excluding hydrogens is 210 g/mol. The second-order valence-electron chi connectivity index (χ2n) is 3.26. The Balaban J connectivity index is 0. The Morgan fingerprint density at radius 3 is 2.00 bits per heavy atom. The van der Waals surface area contributed by atoms with Crippen LogP contribution in [0.15, 0.2) is 0 Å². The highest BCUT2D eigenvalue weighted by Crippen LogP contribution is 2.01. The third-order valence-electron chi connectivity index (χ3n) is 2.04. The van der Waals surface area contributed by atoms with E-state index in [1.807, 2.05) is 6.92 Å². The Labute approximate surface area is 95.8 Å². The summed E-state index contributed by atoms with van der Waals surface area (Å²) < 4.78 is 10.2. The molecule has 15 heavy (non-hydrogen) atoms. The Morgan fingerprint density at radius 2 is 1.80 bits per heavy atom. The second-order valence-corrected chi connectivity index (χ2v) is 5.64. The summed E-state index contributed by atoms with van der Waals surface area (Å²) in [4.78, 5) is 0. The average molecular weight is 237 g/mol. The molecule has 0 aromatic heterocycles. The van der Waals surface area contributed by atoms with E-state index in [1.165, 1.54) is 12.8 Å². The third kappa shape index (κ3) is 14.1. The molecule has 5 heteroatoms. The molecule has 0 aromatic carbocycles. The highest BCUT2D eigenvalue weighted by molar-refractivity contribution is 6.44. The maximum absolute atomic E-state index is 8.56. The number of aliphatic hydroxyl groups is 1. The van der Waals surface area contributed by atoms with E-state index in [4.69, 9.17) is 14.0 Å². The van der Waals surface area contributed by atoms with E-state index in [0.717, 1.165) is 12.5 Å². The van der Waals surface area contributed by atoms with Crippen molar-refractivity contribution in [2.45, 2.75) is 45.4 Å². The van der Waals surface area contributed by atoms with Crippen LogP contribution in [0.3, 0.4) is 0 Å². The molecule has 0 aliphatic carbocycles. The first-order valence-electron chi connectivity index (χ1n) is 5.57. The highest BCUT2D eigenvalue weighted by Gasteiger charge is 2.06. The molecule has 0 aromatic rings. The van der Waals surface area contributed by atoms with Crippen LogP contribution in [0.2, 0.25) is 6.04 Å². The number of unbranched alkanes of at least 4 members (excludes halogenated alkanes) is 1. The van der Waals surface area contributed by atoms with Crippen molar-refractivity contribution in [3.05, 3.63) is 0 Å². The molecule has 2 N–H and O–H groups in total. The van der Waals surface area contributed by atoms with E-state index in [9.17, 15) is 0 Å². The van der Waals surface area contributed by atoms with Crippen molar-refractivity contribution in [1.82, 2.24) is 5.32 Å². The van der Waals surface area contributed by atoms with Gasteiger partial charge in [0.2, 0.25) is 0 Å². The van der Waals surface area contributed by atoms with Crippen LogP contribution >= 0.6 is 0 Å². The molecule has 0 saturated heterocycles. The molecule has 4 nitrogen and oxygen atoms in total. The molecule has 0 fully saturated rings. The average Bonchev–Trinajstić information content (AvgIpc) is 2.30. The minimum absolute atomic E-state index is 0.315. The molecule has 1 atom stereocenters. The molecule has 0 bridgehead atoms. The van der Waals surface area contributed by atoms with Gasteiger partial charge in [-0.05, 0) is 19.5 Å². The van der Waals surface area contributed by atoms with Crippen molar-refractivity contribution in [3.63, 3.8) is 0 Å². The fourth-order valence-corrected chi connectivity index (χ4v) is 2.31. The largest absolute Gasteiger partial charge is 0.400 e. The number of aliphatic hydroxyl groups excluding tert-OH is 1. The van der Waals surface area contributed by atoms with Crippen LogP contribution in [0, 0.1) is 0 Å². The summed E-state index contributed by atoms with van der Waals surface area (Å²) in [6.45, 7) is 4.10. The van der Waals surface area contributed by atoms with E-state index in [0.29, 0.717) is 0 Å². The molecule has 0 rings (SSSR count). The van der Waals surface area contributed by atoms with Crippen LogP contribution in [-0.4, -0.2) is 41.9 Å². The molecule has 0 radical (unpaired) electrons. The zero-order valence-electron chi connectivity index (χ0n) is 10.7. The SMILES string of the molecule is CCC(O)NC.CCCC[SiH](OC)OC. The number of rotatable bonds is 7. The van der Waals surface area contributed by atoms with Crippen LogP contribution in [-0.2, 0) is 8.85 Å². The maximum atomic E-state index is 8.56. The van der Waals surface area contributed by atoms with Gasteiger partial charge in [0, 0.05) is 14.2 Å². The lowest BCUT2D eigenvalue weighted by molar-refractivity contribution is 0.143. The summed E-state index contributed by atoms with van der Waals surface area (Å²) in [5, 5.41) is 11.2. The molecule has 0 amide bonds. The third-order valence-corrected chi connectivity index (χ3v) is 3.97. The molecular formula is C10H27NO3Si. The Morgan fingerprint density at radius 1 is 1.27 bits per heavy atom. The fourth-order valence-electron chi connectivity index (χ4n) is 0.907. The summed E-state index contributed by atoms with van der Waals surface area (Å²) >= 11 is 0. The number of hydrogen-bond donors (Lipinski definition) is 2. The van der Waals surface area contributed by atoms with Crippen molar-refractivity contribution in [1.29, 1.82) is 0 Å². The molecule has 1 unspecified atom stereocenters. The molecule has 0 spiro atoms. The highest BCUT2D eigenvalue weighted by atomic mass is 28.3. The first-order valence-corrected chi connectivity index (χ1v) is 7.32. The van der Waals surface area contributed by atoms with Gasteiger partial charge in [-0.1, -0.05) is 26.7 Å². The van der Waals surface area contributed by atoms with Crippen molar-refractivity contribution >= 4 is 9.28 Å². The van der Waals surface area contributed by atoms with Gasteiger partial charge in [-0.3, -0.25) is 5.32 Å². The van der Waals surface area contributed by atoms with Gasteiger partial charge in [0.25, 0.3) is 0 Å². The minimum atomic E-state index is -1.21. The van der Waals surface area contributed by atoms with Gasteiger partial charge >= 0.3 is 9.28 Å². The summed E-state index contributed by atoms with van der Waals surface area (Å²) in [5.41, 5.74) is 0. The van der Waals surface area contributed by atoms with Gasteiger partial charge in [0.1, 0.15) is 6.23 Å². The van der Waals surface area contributed by atoms with Crippen molar-refractivity contribution in [3.8, 4) is 0 Å². The summed E-state index contributed by atoms with van der Waals surface area (Å²) in [6.07, 6.45) is 2.93. The van der Waals surface area contributed by atoms with Gasteiger partial charge in [-0.15, -0.1) is 0 Å². The summed E-state index contributed by atoms with van der Waals surface area (Å²) in [5.74, 6) is 0. The normalized spacial score (nSPS) is 12.2. The monoisotopic (exact) mass is 237 g/mol. The van der Waals surface area contributed by atoms with Crippen LogP contribution in [0.5, 0.6) is 0 Å². The second kappa shape index (κ2) is 14.1. The number of nitrogens with one attached hydrogen (secondary N) is 1. The van der Waals surface area contributed by atoms with E-state index in [2.05, 4.69) is 12.2 Å². The first-order chi connectivity index (χ1) is 7.15.